The average molecular weight is 399 g/mol. The van der Waals surface area contributed by atoms with Crippen molar-refractivity contribution in [3.05, 3.63) is 63.9 Å². The maximum Gasteiger partial charge on any atom is 0.262 e. The number of methoxy groups -OCH3 is 1. The first-order valence-electron chi connectivity index (χ1n) is 9.41. The first kappa shape index (κ1) is 20.4. The Hall–Kier alpha value is -2.31. The first-order chi connectivity index (χ1) is 13.6. The Morgan fingerprint density at radius 2 is 1.82 bits per heavy atom. The van der Waals surface area contributed by atoms with Crippen LogP contribution in [-0.4, -0.2) is 35.6 Å². The molecule has 0 saturated heterocycles. The summed E-state index contributed by atoms with van der Waals surface area (Å²) in [7, 11) is 1.64. The van der Waals surface area contributed by atoms with E-state index in [1.807, 2.05) is 36.4 Å². The van der Waals surface area contributed by atoms with E-state index in [4.69, 9.17) is 14.5 Å². The fourth-order valence-electron chi connectivity index (χ4n) is 3.07. The summed E-state index contributed by atoms with van der Waals surface area (Å²) in [6, 6.07) is 13.7. The van der Waals surface area contributed by atoms with Crippen LogP contribution in [0.1, 0.15) is 17.5 Å². The van der Waals surface area contributed by atoms with Gasteiger partial charge in [0.25, 0.3) is 5.56 Å². The van der Waals surface area contributed by atoms with Gasteiger partial charge < -0.3 is 9.47 Å². The second-order valence-electron chi connectivity index (χ2n) is 6.74. The van der Waals surface area contributed by atoms with Crippen molar-refractivity contribution in [2.45, 2.75) is 32.0 Å². The van der Waals surface area contributed by atoms with Gasteiger partial charge in [0.15, 0.2) is 5.16 Å². The number of aromatic nitrogens is 2. The van der Waals surface area contributed by atoms with Gasteiger partial charge in [0.1, 0.15) is 5.75 Å². The van der Waals surface area contributed by atoms with Crippen molar-refractivity contribution in [1.29, 1.82) is 0 Å². The quantitative estimate of drug-likeness (QED) is 0.307. The zero-order chi connectivity index (χ0) is 19.9. The molecule has 0 amide bonds. The molecule has 6 heteroatoms. The number of benzene rings is 2. The number of fused-ring (bicyclic) bond motifs is 1. The predicted molar refractivity (Wildman–Crippen MR) is 115 cm³/mol. The Morgan fingerprint density at radius 3 is 2.57 bits per heavy atom. The van der Waals surface area contributed by atoms with Gasteiger partial charge in [0, 0.05) is 12.9 Å². The van der Waals surface area contributed by atoms with Crippen molar-refractivity contribution in [2.75, 3.05) is 26.1 Å². The number of hydrogen-bond acceptors (Lipinski definition) is 5. The first-order valence-corrected chi connectivity index (χ1v) is 10.4. The van der Waals surface area contributed by atoms with Crippen molar-refractivity contribution < 1.29 is 9.47 Å². The van der Waals surface area contributed by atoms with Crippen LogP contribution in [0.25, 0.3) is 10.9 Å². The van der Waals surface area contributed by atoms with Crippen LogP contribution in [0.15, 0.2) is 52.4 Å². The summed E-state index contributed by atoms with van der Waals surface area (Å²) in [4.78, 5) is 17.5. The van der Waals surface area contributed by atoms with Gasteiger partial charge in [-0.3, -0.25) is 9.36 Å². The highest BCUT2D eigenvalue weighted by Gasteiger charge is 2.11. The minimum atomic E-state index is -0.0170. The zero-order valence-corrected chi connectivity index (χ0v) is 17.4. The molecule has 0 radical (unpaired) electrons. The Labute approximate surface area is 169 Å². The molecule has 0 atom stereocenters. The van der Waals surface area contributed by atoms with Crippen molar-refractivity contribution in [3.8, 4) is 5.75 Å². The van der Waals surface area contributed by atoms with Gasteiger partial charge in [-0.1, -0.05) is 30.0 Å². The van der Waals surface area contributed by atoms with Crippen LogP contribution >= 0.6 is 11.8 Å². The van der Waals surface area contributed by atoms with E-state index in [1.54, 1.807) is 23.4 Å². The molecule has 2 aromatic carbocycles. The molecule has 0 unspecified atom stereocenters. The largest absolute Gasteiger partial charge is 0.494 e. The second-order valence-corrected chi connectivity index (χ2v) is 7.80. The van der Waals surface area contributed by atoms with E-state index in [0.717, 1.165) is 28.6 Å². The molecule has 0 aliphatic carbocycles. The summed E-state index contributed by atoms with van der Waals surface area (Å²) < 4.78 is 12.7. The van der Waals surface area contributed by atoms with Gasteiger partial charge in [0.2, 0.25) is 0 Å². The van der Waals surface area contributed by atoms with E-state index in [1.165, 1.54) is 11.1 Å². The molecule has 1 aromatic heterocycles. The molecular formula is C22H26N2O3S. The van der Waals surface area contributed by atoms with Crippen molar-refractivity contribution >= 4 is 22.7 Å². The molecule has 0 N–H and O–H groups in total. The molecule has 0 aliphatic heterocycles. The number of nitrogens with zero attached hydrogens (tertiary/aromatic N) is 2. The lowest BCUT2D eigenvalue weighted by atomic mass is 10.1. The number of thioether (sulfide) groups is 1. The van der Waals surface area contributed by atoms with Crippen molar-refractivity contribution in [3.63, 3.8) is 0 Å². The Morgan fingerprint density at radius 1 is 1.07 bits per heavy atom. The molecule has 0 bridgehead atoms. The number of aryl methyl sites for hydroxylation is 2. The number of para-hydroxylation sites is 1. The maximum absolute atomic E-state index is 12.8. The maximum atomic E-state index is 12.8. The molecule has 28 heavy (non-hydrogen) atoms. The second kappa shape index (κ2) is 9.75. The number of hydrogen-bond donors (Lipinski definition) is 0. The minimum absolute atomic E-state index is 0.0170. The standard InChI is InChI=1S/C22H26N2O3S/c1-16-13-17(2)15-18(14-16)27-10-6-12-28-22-23-20-8-5-4-7-19(20)21(25)24(22)9-11-26-3/h4-5,7-8,13-15H,6,9-12H2,1-3H3. The van der Waals surface area contributed by atoms with Gasteiger partial charge in [-0.25, -0.2) is 4.98 Å². The summed E-state index contributed by atoms with van der Waals surface area (Å²) in [6.07, 6.45) is 0.866. The summed E-state index contributed by atoms with van der Waals surface area (Å²) in [6.45, 7) is 5.74. The third-order valence-corrected chi connectivity index (χ3v) is 5.39. The molecule has 1 heterocycles. The minimum Gasteiger partial charge on any atom is -0.494 e. The number of ether oxygens (including phenoxy) is 2. The SMILES string of the molecule is COCCn1c(SCCCOc2cc(C)cc(C)c2)nc2ccccc2c1=O. The molecule has 0 spiro atoms. The van der Waals surface area contributed by atoms with Crippen LogP contribution in [0.4, 0.5) is 0 Å². The summed E-state index contributed by atoms with van der Waals surface area (Å²) in [5.41, 5.74) is 3.12. The Kier molecular flexibility index (Phi) is 7.12. The number of rotatable bonds is 9. The van der Waals surface area contributed by atoms with E-state index in [0.29, 0.717) is 25.1 Å². The van der Waals surface area contributed by atoms with Crippen LogP contribution in [0.3, 0.4) is 0 Å². The van der Waals surface area contributed by atoms with E-state index < -0.39 is 0 Å². The van der Waals surface area contributed by atoms with Crippen LogP contribution in [-0.2, 0) is 11.3 Å². The fraction of sp³-hybridized carbons (Fsp3) is 0.364. The van der Waals surface area contributed by atoms with E-state index >= 15 is 0 Å². The molecule has 0 saturated carbocycles. The normalized spacial score (nSPS) is 11.1. The monoisotopic (exact) mass is 398 g/mol. The smallest absolute Gasteiger partial charge is 0.262 e. The molecule has 3 rings (SSSR count). The average Bonchev–Trinajstić information content (AvgIpc) is 2.66. The predicted octanol–water partition coefficient (Wildman–Crippen LogP) is 4.22. The highest BCUT2D eigenvalue weighted by atomic mass is 32.2. The van der Waals surface area contributed by atoms with E-state index in [9.17, 15) is 4.79 Å². The highest BCUT2D eigenvalue weighted by molar-refractivity contribution is 7.99. The van der Waals surface area contributed by atoms with Gasteiger partial charge in [-0.05, 0) is 55.7 Å². The van der Waals surface area contributed by atoms with Crippen molar-refractivity contribution in [1.82, 2.24) is 9.55 Å². The lowest BCUT2D eigenvalue weighted by Gasteiger charge is -2.13. The third kappa shape index (κ3) is 5.14. The van der Waals surface area contributed by atoms with Gasteiger partial charge in [0.05, 0.1) is 30.7 Å². The van der Waals surface area contributed by atoms with Crippen LogP contribution < -0.4 is 10.3 Å². The van der Waals surface area contributed by atoms with Gasteiger partial charge >= 0.3 is 0 Å². The topological polar surface area (TPSA) is 53.4 Å². The molecule has 148 valence electrons. The molecule has 0 fully saturated rings. The summed E-state index contributed by atoms with van der Waals surface area (Å²) >= 11 is 1.58. The summed E-state index contributed by atoms with van der Waals surface area (Å²) in [5.74, 6) is 1.73. The van der Waals surface area contributed by atoms with Crippen LogP contribution in [0, 0.1) is 13.8 Å². The van der Waals surface area contributed by atoms with Crippen LogP contribution in [0.2, 0.25) is 0 Å². The summed E-state index contributed by atoms with van der Waals surface area (Å²) in [5, 5.41) is 1.37. The zero-order valence-electron chi connectivity index (χ0n) is 16.6. The molecule has 3 aromatic rings. The molecular weight excluding hydrogens is 372 g/mol. The van der Waals surface area contributed by atoms with E-state index in [-0.39, 0.29) is 5.56 Å². The molecule has 0 aliphatic rings. The lowest BCUT2D eigenvalue weighted by Crippen LogP contribution is -2.25. The third-order valence-electron chi connectivity index (χ3n) is 4.33. The fourth-order valence-corrected chi connectivity index (χ4v) is 4.00. The van der Waals surface area contributed by atoms with Crippen LogP contribution in [0.5, 0.6) is 5.75 Å². The van der Waals surface area contributed by atoms with Gasteiger partial charge in [-0.15, -0.1) is 0 Å². The Bertz CT molecular complexity index is 980. The van der Waals surface area contributed by atoms with E-state index in [2.05, 4.69) is 19.9 Å². The lowest BCUT2D eigenvalue weighted by molar-refractivity contribution is 0.183. The molecule has 5 nitrogen and oxygen atoms in total. The van der Waals surface area contributed by atoms with Gasteiger partial charge in [-0.2, -0.15) is 0 Å². The Balaban J connectivity index is 1.65. The highest BCUT2D eigenvalue weighted by Crippen LogP contribution is 2.20. The van der Waals surface area contributed by atoms with Crippen molar-refractivity contribution in [2.24, 2.45) is 0 Å².